The highest BCUT2D eigenvalue weighted by atomic mass is 19.1. The topological polar surface area (TPSA) is 54.7 Å². The molecule has 3 nitrogen and oxygen atoms in total. The van der Waals surface area contributed by atoms with E-state index in [0.717, 1.165) is 6.42 Å². The van der Waals surface area contributed by atoms with Gasteiger partial charge in [0.1, 0.15) is 0 Å². The third-order valence-corrected chi connectivity index (χ3v) is 2.96. The first-order chi connectivity index (χ1) is 7.27. The molecule has 0 saturated heterocycles. The highest BCUT2D eigenvalue weighted by molar-refractivity contribution is 5.47. The zero-order valence-electron chi connectivity index (χ0n) is 8.00. The number of nitrogens with two attached hydrogens (primary N) is 1. The summed E-state index contributed by atoms with van der Waals surface area (Å²) in [5.41, 5.74) is 8.31. The molecule has 0 radical (unpaired) electrons. The minimum Gasteiger partial charge on any atom is -0.380 e. The predicted octanol–water partition coefficient (Wildman–Crippen LogP) is 1.82. The third-order valence-electron chi connectivity index (χ3n) is 2.96. The largest absolute Gasteiger partial charge is 0.380 e. The summed E-state index contributed by atoms with van der Waals surface area (Å²) in [6, 6.07) is 8.03. The molecule has 3 N–H and O–H groups in total. The molecule has 1 aliphatic rings. The van der Waals surface area contributed by atoms with Gasteiger partial charge in [-0.05, 0) is 17.5 Å². The Morgan fingerprint density at radius 2 is 2.20 bits per heavy atom. The van der Waals surface area contributed by atoms with Crippen molar-refractivity contribution in [2.24, 2.45) is 0 Å². The van der Waals surface area contributed by atoms with Crippen LogP contribution in [0, 0.1) is 5.82 Å². The van der Waals surface area contributed by atoms with Crippen molar-refractivity contribution in [3.8, 4) is 0 Å². The summed E-state index contributed by atoms with van der Waals surface area (Å²) in [6.07, 6.45) is 0.856. The lowest BCUT2D eigenvalue weighted by Crippen LogP contribution is -2.19. The molecule has 1 atom stereocenters. The Morgan fingerprint density at radius 3 is 2.87 bits per heavy atom. The van der Waals surface area contributed by atoms with Crippen LogP contribution in [0.2, 0.25) is 0 Å². The lowest BCUT2D eigenvalue weighted by atomic mass is 9.76. The van der Waals surface area contributed by atoms with Crippen LogP contribution in [-0.4, -0.2) is 10.2 Å². The van der Waals surface area contributed by atoms with Crippen LogP contribution in [0.1, 0.15) is 22.7 Å². The number of rotatable bonds is 1. The number of anilines is 1. The lowest BCUT2D eigenvalue weighted by molar-refractivity contribution is 0.578. The monoisotopic (exact) mass is 203 g/mol. The maximum Gasteiger partial charge on any atom is 0.188 e. The van der Waals surface area contributed by atoms with Crippen LogP contribution in [-0.2, 0) is 6.42 Å². The summed E-state index contributed by atoms with van der Waals surface area (Å²) in [4.78, 5) is 0. The van der Waals surface area contributed by atoms with Crippen LogP contribution in [0.3, 0.4) is 0 Å². The molecular weight excluding hydrogens is 193 g/mol. The van der Waals surface area contributed by atoms with Gasteiger partial charge in [0.25, 0.3) is 0 Å². The fourth-order valence-corrected chi connectivity index (χ4v) is 2.10. The van der Waals surface area contributed by atoms with Crippen molar-refractivity contribution in [2.75, 3.05) is 5.73 Å². The molecule has 4 heteroatoms. The molecule has 1 aliphatic carbocycles. The molecule has 0 spiro atoms. The van der Waals surface area contributed by atoms with Crippen molar-refractivity contribution in [1.29, 1.82) is 0 Å². The van der Waals surface area contributed by atoms with E-state index in [-0.39, 0.29) is 11.7 Å². The number of fused-ring (bicyclic) bond motifs is 1. The van der Waals surface area contributed by atoms with Crippen LogP contribution in [0.15, 0.2) is 24.3 Å². The normalized spacial score (nSPS) is 18.3. The Kier molecular flexibility index (Phi) is 1.59. The number of nitrogen functional groups attached to an aromatic ring is 1. The lowest BCUT2D eigenvalue weighted by Gasteiger charge is -2.28. The number of nitrogens with zero attached hydrogens (tertiary/aromatic N) is 1. The number of halogens is 1. The van der Waals surface area contributed by atoms with Crippen molar-refractivity contribution in [3.05, 3.63) is 46.9 Å². The van der Waals surface area contributed by atoms with E-state index in [1.807, 2.05) is 18.2 Å². The van der Waals surface area contributed by atoms with Crippen LogP contribution >= 0.6 is 0 Å². The maximum atomic E-state index is 13.5. The minimum atomic E-state index is -0.408. The molecule has 3 rings (SSSR count). The number of hydrogen-bond donors (Lipinski definition) is 2. The highest BCUT2D eigenvalue weighted by Gasteiger charge is 2.31. The molecule has 0 saturated carbocycles. The first-order valence-electron chi connectivity index (χ1n) is 4.84. The zero-order chi connectivity index (χ0) is 10.4. The smallest absolute Gasteiger partial charge is 0.188 e. The van der Waals surface area contributed by atoms with Gasteiger partial charge in [-0.2, -0.15) is 5.10 Å². The number of aromatic nitrogens is 2. The number of H-pyrrole nitrogens is 1. The van der Waals surface area contributed by atoms with Gasteiger partial charge in [0, 0.05) is 5.92 Å². The van der Waals surface area contributed by atoms with Crippen molar-refractivity contribution in [1.82, 2.24) is 10.2 Å². The van der Waals surface area contributed by atoms with Gasteiger partial charge in [0.15, 0.2) is 11.6 Å². The molecule has 1 aromatic carbocycles. The molecule has 1 unspecified atom stereocenters. The highest BCUT2D eigenvalue weighted by Crippen LogP contribution is 2.40. The molecule has 15 heavy (non-hydrogen) atoms. The Hall–Kier alpha value is -1.84. The van der Waals surface area contributed by atoms with Crippen LogP contribution in [0.4, 0.5) is 10.2 Å². The Bertz CT molecular complexity index is 518. The Morgan fingerprint density at radius 1 is 1.40 bits per heavy atom. The summed E-state index contributed by atoms with van der Waals surface area (Å²) in [5.74, 6) is -0.366. The molecule has 1 aromatic heterocycles. The van der Waals surface area contributed by atoms with E-state index >= 15 is 0 Å². The van der Waals surface area contributed by atoms with Crippen molar-refractivity contribution in [3.63, 3.8) is 0 Å². The minimum absolute atomic E-state index is 0.0469. The average Bonchev–Trinajstić information content (AvgIpc) is 2.52. The summed E-state index contributed by atoms with van der Waals surface area (Å²) >= 11 is 0. The quantitative estimate of drug-likeness (QED) is 0.742. The van der Waals surface area contributed by atoms with E-state index in [9.17, 15) is 4.39 Å². The van der Waals surface area contributed by atoms with Crippen molar-refractivity contribution >= 4 is 5.82 Å². The molecule has 0 amide bonds. The van der Waals surface area contributed by atoms with Gasteiger partial charge in [-0.15, -0.1) is 0 Å². The van der Waals surface area contributed by atoms with Crippen LogP contribution < -0.4 is 5.73 Å². The van der Waals surface area contributed by atoms with E-state index in [2.05, 4.69) is 16.3 Å². The van der Waals surface area contributed by atoms with Gasteiger partial charge in [-0.1, -0.05) is 24.3 Å². The molecule has 76 valence electrons. The van der Waals surface area contributed by atoms with E-state index < -0.39 is 5.82 Å². The molecule has 0 bridgehead atoms. The Labute approximate surface area is 86.1 Å². The van der Waals surface area contributed by atoms with Gasteiger partial charge in [0.05, 0.1) is 5.69 Å². The second-order valence-corrected chi connectivity index (χ2v) is 3.79. The summed E-state index contributed by atoms with van der Waals surface area (Å²) < 4.78 is 13.5. The van der Waals surface area contributed by atoms with E-state index in [1.165, 1.54) is 11.1 Å². The zero-order valence-corrected chi connectivity index (χ0v) is 8.00. The second kappa shape index (κ2) is 2.82. The van der Waals surface area contributed by atoms with E-state index in [0.29, 0.717) is 5.69 Å². The SMILES string of the molecule is Nc1n[nH]c(C2Cc3ccccc32)c1F. The van der Waals surface area contributed by atoms with E-state index in [1.54, 1.807) is 0 Å². The number of aromatic amines is 1. The van der Waals surface area contributed by atoms with Crippen LogP contribution in [0.5, 0.6) is 0 Å². The predicted molar refractivity (Wildman–Crippen MR) is 54.9 cm³/mol. The summed E-state index contributed by atoms with van der Waals surface area (Å²) in [6.45, 7) is 0. The van der Waals surface area contributed by atoms with E-state index in [4.69, 9.17) is 5.73 Å². The molecule has 2 aromatic rings. The number of hydrogen-bond acceptors (Lipinski definition) is 2. The molecule has 1 heterocycles. The summed E-state index contributed by atoms with van der Waals surface area (Å²) in [5, 5.41) is 6.34. The van der Waals surface area contributed by atoms with Gasteiger partial charge < -0.3 is 5.73 Å². The average molecular weight is 203 g/mol. The fourth-order valence-electron chi connectivity index (χ4n) is 2.10. The van der Waals surface area contributed by atoms with Gasteiger partial charge >= 0.3 is 0 Å². The summed E-state index contributed by atoms with van der Waals surface area (Å²) in [7, 11) is 0. The molecule has 0 fully saturated rings. The third kappa shape index (κ3) is 1.08. The number of nitrogens with one attached hydrogen (secondary N) is 1. The first kappa shape index (κ1) is 8.47. The number of benzene rings is 1. The first-order valence-corrected chi connectivity index (χ1v) is 4.84. The molecular formula is C11H10FN3. The molecule has 0 aliphatic heterocycles. The van der Waals surface area contributed by atoms with Crippen LogP contribution in [0.25, 0.3) is 0 Å². The van der Waals surface area contributed by atoms with Gasteiger partial charge in [-0.25, -0.2) is 4.39 Å². The standard InChI is InChI=1S/C11H10FN3/c12-9-10(14-15-11(9)13)8-5-6-3-1-2-4-7(6)8/h1-4,8H,5H2,(H3,13,14,15). The fraction of sp³-hybridized carbons (Fsp3) is 0.182. The maximum absolute atomic E-state index is 13.5. The Balaban J connectivity index is 2.03. The van der Waals surface area contributed by atoms with Gasteiger partial charge in [-0.3, -0.25) is 5.10 Å². The van der Waals surface area contributed by atoms with Gasteiger partial charge in [0.2, 0.25) is 0 Å². The second-order valence-electron chi connectivity index (χ2n) is 3.79. The van der Waals surface area contributed by atoms with Crippen molar-refractivity contribution < 1.29 is 4.39 Å². The van der Waals surface area contributed by atoms with Crippen molar-refractivity contribution in [2.45, 2.75) is 12.3 Å².